The first kappa shape index (κ1) is 25.2. The van der Waals surface area contributed by atoms with Crippen LogP contribution in [0.15, 0.2) is 65.8 Å². The predicted octanol–water partition coefficient (Wildman–Crippen LogP) is 1.84. The van der Waals surface area contributed by atoms with Gasteiger partial charge >= 0.3 is 0 Å². The third-order valence-corrected chi connectivity index (χ3v) is 7.68. The molecule has 1 aliphatic rings. The van der Waals surface area contributed by atoms with Crippen molar-refractivity contribution in [3.05, 3.63) is 60.9 Å². The molecule has 190 valence electrons. The van der Waals surface area contributed by atoms with Crippen LogP contribution in [0.3, 0.4) is 0 Å². The number of amides is 1. The number of ether oxygens (including phenoxy) is 2. The molecule has 14 heteroatoms. The van der Waals surface area contributed by atoms with E-state index in [9.17, 15) is 21.6 Å². The van der Waals surface area contributed by atoms with E-state index in [-0.39, 0.29) is 22.2 Å². The Morgan fingerprint density at radius 2 is 1.61 bits per heavy atom. The summed E-state index contributed by atoms with van der Waals surface area (Å²) in [6.07, 6.45) is 3.79. The number of hydrogen-bond donors (Lipinski definition) is 2. The zero-order valence-electron chi connectivity index (χ0n) is 19.3. The first-order valence-corrected chi connectivity index (χ1v) is 14.0. The Morgan fingerprint density at radius 3 is 2.25 bits per heavy atom. The summed E-state index contributed by atoms with van der Waals surface area (Å²) in [6, 6.07) is 10.4. The van der Waals surface area contributed by atoms with Gasteiger partial charge in [-0.1, -0.05) is 0 Å². The molecule has 1 aromatic heterocycles. The molecule has 0 saturated carbocycles. The van der Waals surface area contributed by atoms with Crippen LogP contribution in [0, 0.1) is 0 Å². The van der Waals surface area contributed by atoms with Crippen LogP contribution >= 0.6 is 0 Å². The molecule has 3 aromatic rings. The average Bonchev–Trinajstić information content (AvgIpc) is 2.84. The van der Waals surface area contributed by atoms with Crippen LogP contribution in [0.5, 0.6) is 11.5 Å². The van der Waals surface area contributed by atoms with E-state index >= 15 is 0 Å². The first-order chi connectivity index (χ1) is 17.0. The molecule has 4 rings (SSSR count). The SMILES string of the molecule is C[C@H](C(=O)Nc1ccc(S(=O)(=O)Nc2ncccn2)cc1)N(c1ccc2c(c1)OCCO2)S(C)(=O)=O. The van der Waals surface area contributed by atoms with Crippen molar-refractivity contribution in [1.82, 2.24) is 9.97 Å². The van der Waals surface area contributed by atoms with Gasteiger partial charge in [0.25, 0.3) is 10.0 Å². The predicted molar refractivity (Wildman–Crippen MR) is 132 cm³/mol. The second-order valence-electron chi connectivity index (χ2n) is 7.75. The van der Waals surface area contributed by atoms with Crippen LogP contribution in [-0.4, -0.2) is 58.2 Å². The largest absolute Gasteiger partial charge is 0.486 e. The summed E-state index contributed by atoms with van der Waals surface area (Å²) in [5, 5.41) is 2.61. The van der Waals surface area contributed by atoms with Gasteiger partial charge < -0.3 is 14.8 Å². The lowest BCUT2D eigenvalue weighted by molar-refractivity contribution is -0.116. The third kappa shape index (κ3) is 5.66. The summed E-state index contributed by atoms with van der Waals surface area (Å²) < 4.78 is 64.5. The summed E-state index contributed by atoms with van der Waals surface area (Å²) in [7, 11) is -7.81. The molecule has 0 saturated heterocycles. The summed E-state index contributed by atoms with van der Waals surface area (Å²) in [5.41, 5.74) is 0.512. The summed E-state index contributed by atoms with van der Waals surface area (Å²) in [6.45, 7) is 2.15. The molecule has 0 unspecified atom stereocenters. The minimum Gasteiger partial charge on any atom is -0.486 e. The maximum absolute atomic E-state index is 13.0. The summed E-state index contributed by atoms with van der Waals surface area (Å²) in [4.78, 5) is 20.5. The first-order valence-electron chi connectivity index (χ1n) is 10.6. The highest BCUT2D eigenvalue weighted by molar-refractivity contribution is 7.92. The molecule has 0 radical (unpaired) electrons. The highest BCUT2D eigenvalue weighted by Crippen LogP contribution is 2.35. The Balaban J connectivity index is 1.50. The van der Waals surface area contributed by atoms with E-state index in [1.807, 2.05) is 0 Å². The molecular weight excluding hydrogens is 510 g/mol. The van der Waals surface area contributed by atoms with Crippen LogP contribution < -0.4 is 23.8 Å². The maximum Gasteiger partial charge on any atom is 0.264 e. The number of rotatable bonds is 8. The van der Waals surface area contributed by atoms with Gasteiger partial charge in [-0.3, -0.25) is 9.10 Å². The zero-order valence-corrected chi connectivity index (χ0v) is 20.9. The van der Waals surface area contributed by atoms with Gasteiger partial charge in [0.2, 0.25) is 21.9 Å². The minimum absolute atomic E-state index is 0.0740. The van der Waals surface area contributed by atoms with E-state index in [4.69, 9.17) is 9.47 Å². The minimum atomic E-state index is -3.95. The number of nitrogens with zero attached hydrogens (tertiary/aromatic N) is 3. The number of fused-ring (bicyclic) bond motifs is 1. The second-order valence-corrected chi connectivity index (χ2v) is 11.3. The van der Waals surface area contributed by atoms with Crippen molar-refractivity contribution in [2.45, 2.75) is 17.9 Å². The van der Waals surface area contributed by atoms with Crippen molar-refractivity contribution in [3.63, 3.8) is 0 Å². The lowest BCUT2D eigenvalue weighted by atomic mass is 10.2. The van der Waals surface area contributed by atoms with E-state index in [0.29, 0.717) is 24.7 Å². The number of aromatic nitrogens is 2. The molecule has 0 bridgehead atoms. The molecule has 0 fully saturated rings. The van der Waals surface area contributed by atoms with Crippen LogP contribution in [0.2, 0.25) is 0 Å². The fourth-order valence-electron chi connectivity index (χ4n) is 3.47. The Bertz CT molecular complexity index is 1460. The van der Waals surface area contributed by atoms with Gasteiger partial charge in [-0.15, -0.1) is 0 Å². The van der Waals surface area contributed by atoms with Crippen molar-refractivity contribution in [3.8, 4) is 11.5 Å². The topological polar surface area (TPSA) is 157 Å². The van der Waals surface area contributed by atoms with Gasteiger partial charge in [0.15, 0.2) is 11.5 Å². The van der Waals surface area contributed by atoms with E-state index in [0.717, 1.165) is 10.6 Å². The number of sulfonamides is 2. The lowest BCUT2D eigenvalue weighted by Gasteiger charge is -2.29. The van der Waals surface area contributed by atoms with Crippen LogP contribution in [-0.2, 0) is 24.8 Å². The number of benzene rings is 2. The molecule has 1 atom stereocenters. The number of anilines is 3. The zero-order chi connectivity index (χ0) is 25.9. The standard InChI is InChI=1S/C22H23N5O7S2/c1-15(27(35(2,29)30)17-6-9-19-20(14-17)34-13-12-33-19)21(28)25-16-4-7-18(8-5-16)36(31,32)26-22-23-10-3-11-24-22/h3-11,14-15H,12-13H2,1-2H3,(H,25,28)(H,23,24,26)/t15-/m1/s1. The Labute approximate surface area is 208 Å². The highest BCUT2D eigenvalue weighted by atomic mass is 32.2. The summed E-state index contributed by atoms with van der Waals surface area (Å²) >= 11 is 0. The molecule has 36 heavy (non-hydrogen) atoms. The van der Waals surface area contributed by atoms with Crippen molar-refractivity contribution in [2.75, 3.05) is 33.8 Å². The van der Waals surface area contributed by atoms with Gasteiger partial charge in [0, 0.05) is 24.1 Å². The molecule has 0 spiro atoms. The highest BCUT2D eigenvalue weighted by Gasteiger charge is 2.30. The van der Waals surface area contributed by atoms with Gasteiger partial charge in [0.1, 0.15) is 19.3 Å². The van der Waals surface area contributed by atoms with E-state index in [2.05, 4.69) is 20.0 Å². The van der Waals surface area contributed by atoms with Crippen molar-refractivity contribution in [2.24, 2.45) is 0 Å². The molecule has 1 aliphatic heterocycles. The normalized spacial score (nSPS) is 13.9. The summed E-state index contributed by atoms with van der Waals surface area (Å²) in [5.74, 6) is 0.163. The maximum atomic E-state index is 13.0. The van der Waals surface area contributed by atoms with E-state index in [1.54, 1.807) is 12.1 Å². The Morgan fingerprint density at radius 1 is 0.972 bits per heavy atom. The molecule has 1 amide bonds. The van der Waals surface area contributed by atoms with Crippen molar-refractivity contribution >= 4 is 43.3 Å². The number of carbonyl (C=O) groups excluding carboxylic acids is 1. The quantitative estimate of drug-likeness (QED) is 0.441. The van der Waals surface area contributed by atoms with E-state index < -0.39 is 32.0 Å². The number of hydrogen-bond acceptors (Lipinski definition) is 9. The third-order valence-electron chi connectivity index (χ3n) is 5.09. The van der Waals surface area contributed by atoms with Gasteiger partial charge in [-0.05, 0) is 49.4 Å². The lowest BCUT2D eigenvalue weighted by Crippen LogP contribution is -2.45. The smallest absolute Gasteiger partial charge is 0.264 e. The number of carbonyl (C=O) groups is 1. The molecule has 12 nitrogen and oxygen atoms in total. The Kier molecular flexibility index (Phi) is 6.99. The van der Waals surface area contributed by atoms with Crippen LogP contribution in [0.25, 0.3) is 0 Å². The number of nitrogens with one attached hydrogen (secondary N) is 2. The molecule has 2 aromatic carbocycles. The van der Waals surface area contributed by atoms with Gasteiger partial charge in [-0.2, -0.15) is 0 Å². The van der Waals surface area contributed by atoms with Crippen molar-refractivity contribution < 1.29 is 31.1 Å². The fraction of sp³-hybridized carbons (Fsp3) is 0.227. The monoisotopic (exact) mass is 533 g/mol. The average molecular weight is 534 g/mol. The van der Waals surface area contributed by atoms with Gasteiger partial charge in [0.05, 0.1) is 16.8 Å². The molecule has 2 N–H and O–H groups in total. The Hall–Kier alpha value is -3.91. The van der Waals surface area contributed by atoms with Gasteiger partial charge in [-0.25, -0.2) is 31.5 Å². The van der Waals surface area contributed by atoms with Crippen LogP contribution in [0.4, 0.5) is 17.3 Å². The molecule has 0 aliphatic carbocycles. The molecular formula is C22H23N5O7S2. The fourth-order valence-corrected chi connectivity index (χ4v) is 5.60. The van der Waals surface area contributed by atoms with Crippen molar-refractivity contribution in [1.29, 1.82) is 0 Å². The second kappa shape index (κ2) is 9.99. The van der Waals surface area contributed by atoms with Crippen LogP contribution in [0.1, 0.15) is 6.92 Å². The van der Waals surface area contributed by atoms with E-state index in [1.165, 1.54) is 55.7 Å². The molecule has 2 heterocycles.